The summed E-state index contributed by atoms with van der Waals surface area (Å²) in [6, 6.07) is 0.818. The molecule has 2 aliphatic heterocycles. The van der Waals surface area contributed by atoms with Crippen molar-refractivity contribution in [2.45, 2.75) is 25.3 Å². The van der Waals surface area contributed by atoms with Crippen LogP contribution in [0.4, 0.5) is 0 Å². The van der Waals surface area contributed by atoms with Gasteiger partial charge in [0.25, 0.3) is 0 Å². The highest BCUT2D eigenvalue weighted by Gasteiger charge is 2.21. The van der Waals surface area contributed by atoms with Crippen molar-refractivity contribution < 1.29 is 0 Å². The summed E-state index contributed by atoms with van der Waals surface area (Å²) in [6.45, 7) is 2.54. The monoisotopic (exact) mass is 123 g/mol. The van der Waals surface area contributed by atoms with E-state index in [-0.39, 0.29) is 0 Å². The Hall–Kier alpha value is -0.300. The number of hydrogen-bond acceptors (Lipinski definition) is 1. The molecule has 2 aliphatic rings. The Kier molecular flexibility index (Phi) is 1.31. The third kappa shape index (κ3) is 0.897. The van der Waals surface area contributed by atoms with Crippen LogP contribution in [0.5, 0.6) is 0 Å². The molecule has 0 aromatic heterocycles. The summed E-state index contributed by atoms with van der Waals surface area (Å²) in [5.41, 5.74) is 0. The molecule has 1 atom stereocenters. The van der Waals surface area contributed by atoms with Crippen LogP contribution < -0.4 is 0 Å². The molecule has 1 fully saturated rings. The minimum absolute atomic E-state index is 0.818. The summed E-state index contributed by atoms with van der Waals surface area (Å²) in [4.78, 5) is 2.56. The van der Waals surface area contributed by atoms with Crippen LogP contribution in [0.15, 0.2) is 12.2 Å². The van der Waals surface area contributed by atoms with Crippen LogP contribution in [0, 0.1) is 0 Å². The van der Waals surface area contributed by atoms with Gasteiger partial charge >= 0.3 is 0 Å². The number of fused-ring (bicyclic) bond motifs is 1. The zero-order chi connectivity index (χ0) is 6.10. The predicted octanol–water partition coefficient (Wildman–Crippen LogP) is 1.41. The van der Waals surface area contributed by atoms with E-state index >= 15 is 0 Å². The highest BCUT2D eigenvalue weighted by atomic mass is 15.2. The Morgan fingerprint density at radius 1 is 1.33 bits per heavy atom. The standard InChI is InChI=1S/C8H13N/c1-2-6-9-7-3-5-8(9)4-1/h3,5,8H,1-2,4,6-7H2. The van der Waals surface area contributed by atoms with Gasteiger partial charge in [-0.15, -0.1) is 0 Å². The third-order valence-corrected chi connectivity index (χ3v) is 2.36. The lowest BCUT2D eigenvalue weighted by Crippen LogP contribution is -2.34. The molecular formula is C8H13N. The molecule has 0 bridgehead atoms. The van der Waals surface area contributed by atoms with Crippen molar-refractivity contribution in [1.29, 1.82) is 0 Å². The van der Waals surface area contributed by atoms with Crippen molar-refractivity contribution in [3.8, 4) is 0 Å². The van der Waals surface area contributed by atoms with Gasteiger partial charge in [0.05, 0.1) is 0 Å². The topological polar surface area (TPSA) is 3.24 Å². The van der Waals surface area contributed by atoms with Crippen LogP contribution in [0.2, 0.25) is 0 Å². The van der Waals surface area contributed by atoms with Gasteiger partial charge in [0, 0.05) is 12.6 Å². The van der Waals surface area contributed by atoms with Crippen molar-refractivity contribution in [2.24, 2.45) is 0 Å². The second-order valence-corrected chi connectivity index (χ2v) is 2.99. The van der Waals surface area contributed by atoms with E-state index in [1.807, 2.05) is 0 Å². The molecule has 2 rings (SSSR count). The van der Waals surface area contributed by atoms with Gasteiger partial charge < -0.3 is 0 Å². The molecule has 50 valence electrons. The van der Waals surface area contributed by atoms with Gasteiger partial charge in [0.1, 0.15) is 0 Å². The number of nitrogens with zero attached hydrogens (tertiary/aromatic N) is 1. The maximum absolute atomic E-state index is 2.56. The Morgan fingerprint density at radius 2 is 2.33 bits per heavy atom. The molecular weight excluding hydrogens is 110 g/mol. The summed E-state index contributed by atoms with van der Waals surface area (Å²) >= 11 is 0. The molecule has 0 aromatic carbocycles. The highest BCUT2D eigenvalue weighted by Crippen LogP contribution is 2.20. The van der Waals surface area contributed by atoms with Gasteiger partial charge in [-0.2, -0.15) is 0 Å². The summed E-state index contributed by atoms with van der Waals surface area (Å²) in [7, 11) is 0. The van der Waals surface area contributed by atoms with Gasteiger partial charge in [0.15, 0.2) is 0 Å². The molecule has 0 N–H and O–H groups in total. The van der Waals surface area contributed by atoms with Crippen molar-refractivity contribution in [3.05, 3.63) is 12.2 Å². The smallest absolute Gasteiger partial charge is 0.0281 e. The first-order valence-corrected chi connectivity index (χ1v) is 3.87. The fourth-order valence-corrected chi connectivity index (χ4v) is 1.81. The molecule has 0 saturated carbocycles. The molecule has 1 heteroatoms. The van der Waals surface area contributed by atoms with E-state index in [1.165, 1.54) is 32.4 Å². The molecule has 1 unspecified atom stereocenters. The number of piperidine rings is 1. The van der Waals surface area contributed by atoms with E-state index in [0.29, 0.717) is 0 Å². The van der Waals surface area contributed by atoms with E-state index < -0.39 is 0 Å². The van der Waals surface area contributed by atoms with E-state index in [2.05, 4.69) is 17.1 Å². The zero-order valence-corrected chi connectivity index (χ0v) is 5.71. The van der Waals surface area contributed by atoms with Crippen LogP contribution in [-0.2, 0) is 0 Å². The molecule has 0 aliphatic carbocycles. The molecule has 9 heavy (non-hydrogen) atoms. The van der Waals surface area contributed by atoms with Crippen LogP contribution in [0.25, 0.3) is 0 Å². The van der Waals surface area contributed by atoms with E-state index in [0.717, 1.165) is 6.04 Å². The molecule has 1 nitrogen and oxygen atoms in total. The summed E-state index contributed by atoms with van der Waals surface area (Å²) < 4.78 is 0. The quantitative estimate of drug-likeness (QED) is 0.440. The molecule has 0 amide bonds. The number of rotatable bonds is 0. The fraction of sp³-hybridized carbons (Fsp3) is 0.750. The Labute approximate surface area is 56.4 Å². The lowest BCUT2D eigenvalue weighted by atomic mass is 10.1. The largest absolute Gasteiger partial charge is 0.293 e. The van der Waals surface area contributed by atoms with Crippen molar-refractivity contribution in [3.63, 3.8) is 0 Å². The Bertz CT molecular complexity index is 129. The van der Waals surface area contributed by atoms with Gasteiger partial charge in [-0.3, -0.25) is 4.90 Å². The maximum Gasteiger partial charge on any atom is 0.0281 e. The maximum atomic E-state index is 2.56. The van der Waals surface area contributed by atoms with Gasteiger partial charge in [-0.05, 0) is 19.4 Å². The van der Waals surface area contributed by atoms with Crippen molar-refractivity contribution >= 4 is 0 Å². The second kappa shape index (κ2) is 2.14. The molecule has 0 aromatic rings. The predicted molar refractivity (Wildman–Crippen MR) is 38.4 cm³/mol. The van der Waals surface area contributed by atoms with Crippen LogP contribution >= 0.6 is 0 Å². The second-order valence-electron chi connectivity index (χ2n) is 2.99. The van der Waals surface area contributed by atoms with E-state index in [1.54, 1.807) is 0 Å². The first-order valence-electron chi connectivity index (χ1n) is 3.87. The lowest BCUT2D eigenvalue weighted by molar-refractivity contribution is 0.215. The van der Waals surface area contributed by atoms with Crippen molar-refractivity contribution in [2.75, 3.05) is 13.1 Å². The van der Waals surface area contributed by atoms with Crippen LogP contribution in [0.3, 0.4) is 0 Å². The van der Waals surface area contributed by atoms with Crippen molar-refractivity contribution in [1.82, 2.24) is 4.90 Å². The molecule has 0 radical (unpaired) electrons. The van der Waals surface area contributed by atoms with Crippen LogP contribution in [0.1, 0.15) is 19.3 Å². The van der Waals surface area contributed by atoms with E-state index in [4.69, 9.17) is 0 Å². The van der Waals surface area contributed by atoms with E-state index in [9.17, 15) is 0 Å². The zero-order valence-electron chi connectivity index (χ0n) is 5.71. The summed E-state index contributed by atoms with van der Waals surface area (Å²) in [5.74, 6) is 0. The molecule has 1 saturated heterocycles. The summed E-state index contributed by atoms with van der Waals surface area (Å²) in [6.07, 6.45) is 8.91. The number of hydrogen-bond donors (Lipinski definition) is 0. The van der Waals surface area contributed by atoms with Gasteiger partial charge in [-0.25, -0.2) is 0 Å². The fourth-order valence-electron chi connectivity index (χ4n) is 1.81. The third-order valence-electron chi connectivity index (χ3n) is 2.36. The highest BCUT2D eigenvalue weighted by molar-refractivity contribution is 5.04. The average molecular weight is 123 g/mol. The van der Waals surface area contributed by atoms with Gasteiger partial charge in [0.2, 0.25) is 0 Å². The first kappa shape index (κ1) is 5.48. The minimum Gasteiger partial charge on any atom is -0.293 e. The lowest BCUT2D eigenvalue weighted by Gasteiger charge is -2.28. The summed E-state index contributed by atoms with van der Waals surface area (Å²) in [5, 5.41) is 0. The van der Waals surface area contributed by atoms with Crippen LogP contribution in [-0.4, -0.2) is 24.0 Å². The normalized spacial score (nSPS) is 34.9. The first-order chi connectivity index (χ1) is 4.47. The average Bonchev–Trinajstić information content (AvgIpc) is 2.33. The SMILES string of the molecule is C1=CC2CCCCN2C1. The minimum atomic E-state index is 0.818. The Balaban J connectivity index is 2.03. The molecule has 2 heterocycles. The Morgan fingerprint density at radius 3 is 3.22 bits per heavy atom. The van der Waals surface area contributed by atoms with Gasteiger partial charge in [-0.1, -0.05) is 18.6 Å². The molecule has 0 spiro atoms.